The first-order chi connectivity index (χ1) is 8.72. The Kier molecular flexibility index (Phi) is 7.64. The van der Waals surface area contributed by atoms with Crippen LogP contribution in [0, 0.1) is 0 Å². The minimum absolute atomic E-state index is 0.490. The maximum atomic E-state index is 5.40. The van der Waals surface area contributed by atoms with Crippen molar-refractivity contribution in [1.82, 2.24) is 15.1 Å². The number of hydrogen-bond donors (Lipinski definition) is 1. The van der Waals surface area contributed by atoms with Crippen LogP contribution in [0.3, 0.4) is 0 Å². The van der Waals surface area contributed by atoms with Crippen molar-refractivity contribution >= 4 is 0 Å². The van der Waals surface area contributed by atoms with E-state index >= 15 is 0 Å². The predicted molar refractivity (Wildman–Crippen MR) is 71.5 cm³/mol. The monoisotopic (exact) mass is 255 g/mol. The van der Waals surface area contributed by atoms with Gasteiger partial charge in [-0.05, 0) is 12.5 Å². The summed E-state index contributed by atoms with van der Waals surface area (Å²) in [5.41, 5.74) is 1.09. The van der Waals surface area contributed by atoms with Gasteiger partial charge in [0.1, 0.15) is 0 Å². The van der Waals surface area contributed by atoms with E-state index in [1.54, 1.807) is 7.11 Å². The second-order valence-electron chi connectivity index (χ2n) is 4.56. The molecule has 0 spiro atoms. The topological polar surface area (TPSA) is 48.3 Å². The van der Waals surface area contributed by atoms with E-state index < -0.39 is 0 Å². The summed E-state index contributed by atoms with van der Waals surface area (Å²) in [6, 6.07) is 2.55. The first kappa shape index (κ1) is 15.1. The summed E-state index contributed by atoms with van der Waals surface area (Å²) in [7, 11) is 1.68. The van der Waals surface area contributed by atoms with Crippen LogP contribution in [0.5, 0.6) is 0 Å². The Labute approximate surface area is 109 Å². The lowest BCUT2D eigenvalue weighted by Gasteiger charge is -2.05. The molecule has 1 N–H and O–H groups in total. The van der Waals surface area contributed by atoms with Crippen LogP contribution in [0.15, 0.2) is 12.3 Å². The second kappa shape index (κ2) is 9.08. The molecule has 0 aliphatic rings. The molecule has 5 heteroatoms. The molecule has 0 saturated carbocycles. The summed E-state index contributed by atoms with van der Waals surface area (Å²) >= 11 is 0. The normalized spacial score (nSPS) is 11.3. The zero-order valence-corrected chi connectivity index (χ0v) is 11.7. The highest BCUT2D eigenvalue weighted by Crippen LogP contribution is 1.98. The average Bonchev–Trinajstić information content (AvgIpc) is 2.79. The molecule has 0 radical (unpaired) electrons. The van der Waals surface area contributed by atoms with Crippen LogP contribution in [0.25, 0.3) is 0 Å². The van der Waals surface area contributed by atoms with Crippen molar-refractivity contribution in [3.8, 4) is 0 Å². The van der Waals surface area contributed by atoms with Crippen molar-refractivity contribution in [2.45, 2.75) is 39.4 Å². The fraction of sp³-hybridized carbons (Fsp3) is 0.769. The van der Waals surface area contributed by atoms with Gasteiger partial charge >= 0.3 is 0 Å². The number of aromatic nitrogens is 2. The van der Waals surface area contributed by atoms with E-state index in [0.717, 1.165) is 31.8 Å². The molecular weight excluding hydrogens is 230 g/mol. The Hall–Kier alpha value is -0.910. The zero-order chi connectivity index (χ0) is 13.2. The molecule has 1 heterocycles. The van der Waals surface area contributed by atoms with E-state index in [2.05, 4.69) is 30.3 Å². The molecule has 0 fully saturated rings. The predicted octanol–water partition coefficient (Wildman–Crippen LogP) is 1.43. The highest BCUT2D eigenvalue weighted by atomic mass is 16.5. The quantitative estimate of drug-likeness (QED) is 0.643. The van der Waals surface area contributed by atoms with Crippen LogP contribution in [-0.2, 0) is 22.6 Å². The fourth-order valence-corrected chi connectivity index (χ4v) is 1.50. The molecule has 0 amide bonds. The fourth-order valence-electron chi connectivity index (χ4n) is 1.50. The zero-order valence-electron chi connectivity index (χ0n) is 11.7. The molecule has 0 aromatic carbocycles. The smallest absolute Gasteiger partial charge is 0.0762 e. The van der Waals surface area contributed by atoms with Crippen LogP contribution in [0.2, 0.25) is 0 Å². The molecule has 1 aromatic rings. The largest absolute Gasteiger partial charge is 0.382 e. The van der Waals surface area contributed by atoms with Gasteiger partial charge in [-0.2, -0.15) is 5.10 Å². The van der Waals surface area contributed by atoms with Crippen molar-refractivity contribution < 1.29 is 9.47 Å². The molecular formula is C13H25N3O2. The lowest BCUT2D eigenvalue weighted by molar-refractivity contribution is 0.0677. The van der Waals surface area contributed by atoms with Gasteiger partial charge in [-0.15, -0.1) is 0 Å². The number of ether oxygens (including phenoxy) is 2. The molecule has 1 aromatic heterocycles. The number of nitrogens with one attached hydrogen (secondary N) is 1. The van der Waals surface area contributed by atoms with Crippen molar-refractivity contribution in [3.05, 3.63) is 18.0 Å². The Morgan fingerprint density at radius 3 is 2.89 bits per heavy atom. The van der Waals surface area contributed by atoms with Gasteiger partial charge in [0.25, 0.3) is 0 Å². The third kappa shape index (κ3) is 6.74. The molecule has 0 atom stereocenters. The van der Waals surface area contributed by atoms with Crippen molar-refractivity contribution in [2.24, 2.45) is 0 Å². The van der Waals surface area contributed by atoms with Crippen LogP contribution < -0.4 is 5.32 Å². The van der Waals surface area contributed by atoms with Crippen molar-refractivity contribution in [2.75, 3.05) is 26.9 Å². The first-order valence-corrected chi connectivity index (χ1v) is 6.54. The number of nitrogens with zero attached hydrogens (tertiary/aromatic N) is 2. The molecule has 0 aliphatic carbocycles. The molecule has 0 saturated heterocycles. The van der Waals surface area contributed by atoms with Crippen LogP contribution in [-0.4, -0.2) is 42.8 Å². The van der Waals surface area contributed by atoms with Crippen LogP contribution in [0.4, 0.5) is 0 Å². The van der Waals surface area contributed by atoms with E-state index in [-0.39, 0.29) is 0 Å². The van der Waals surface area contributed by atoms with E-state index in [1.807, 2.05) is 10.9 Å². The maximum Gasteiger partial charge on any atom is 0.0762 e. The highest BCUT2D eigenvalue weighted by molar-refractivity contribution is 4.98. The Morgan fingerprint density at radius 2 is 2.17 bits per heavy atom. The van der Waals surface area contributed by atoms with Gasteiger partial charge in [0.2, 0.25) is 0 Å². The van der Waals surface area contributed by atoms with Crippen LogP contribution >= 0.6 is 0 Å². The standard InChI is InChI=1S/C13H25N3O2/c1-12(2)14-11-13-5-7-16(15-13)6-4-8-18-10-9-17-3/h5,7,12,14H,4,6,8-11H2,1-3H3. The molecule has 18 heavy (non-hydrogen) atoms. The summed E-state index contributed by atoms with van der Waals surface area (Å²) in [6.45, 7) is 8.07. The van der Waals surface area contributed by atoms with Gasteiger partial charge < -0.3 is 14.8 Å². The number of aryl methyl sites for hydroxylation is 1. The summed E-state index contributed by atoms with van der Waals surface area (Å²) in [4.78, 5) is 0. The minimum atomic E-state index is 0.490. The third-order valence-electron chi connectivity index (χ3n) is 2.50. The van der Waals surface area contributed by atoms with Gasteiger partial charge in [-0.1, -0.05) is 13.8 Å². The number of hydrogen-bond acceptors (Lipinski definition) is 4. The number of methoxy groups -OCH3 is 1. The van der Waals surface area contributed by atoms with Gasteiger partial charge in [0, 0.05) is 39.0 Å². The molecule has 5 nitrogen and oxygen atoms in total. The third-order valence-corrected chi connectivity index (χ3v) is 2.50. The average molecular weight is 255 g/mol. The van der Waals surface area contributed by atoms with Gasteiger partial charge in [0.15, 0.2) is 0 Å². The Balaban J connectivity index is 2.11. The summed E-state index contributed by atoms with van der Waals surface area (Å²) in [6.07, 6.45) is 2.99. The number of rotatable bonds is 10. The van der Waals surface area contributed by atoms with Crippen LogP contribution in [0.1, 0.15) is 26.0 Å². The molecule has 104 valence electrons. The second-order valence-corrected chi connectivity index (χ2v) is 4.56. The highest BCUT2D eigenvalue weighted by Gasteiger charge is 2.00. The lowest BCUT2D eigenvalue weighted by atomic mass is 10.3. The summed E-state index contributed by atoms with van der Waals surface area (Å²) in [5.74, 6) is 0. The van der Waals surface area contributed by atoms with E-state index in [9.17, 15) is 0 Å². The summed E-state index contributed by atoms with van der Waals surface area (Å²) < 4.78 is 12.3. The van der Waals surface area contributed by atoms with Gasteiger partial charge in [0.05, 0.1) is 18.9 Å². The Morgan fingerprint density at radius 1 is 1.33 bits per heavy atom. The molecule has 0 bridgehead atoms. The van der Waals surface area contributed by atoms with E-state index in [4.69, 9.17) is 9.47 Å². The molecule has 0 aliphatic heterocycles. The van der Waals surface area contributed by atoms with Crippen molar-refractivity contribution in [1.29, 1.82) is 0 Å². The summed E-state index contributed by atoms with van der Waals surface area (Å²) in [5, 5.41) is 7.84. The van der Waals surface area contributed by atoms with E-state index in [1.165, 1.54) is 0 Å². The maximum absolute atomic E-state index is 5.40. The lowest BCUT2D eigenvalue weighted by Crippen LogP contribution is -2.22. The van der Waals surface area contributed by atoms with E-state index in [0.29, 0.717) is 19.3 Å². The van der Waals surface area contributed by atoms with Gasteiger partial charge in [-0.25, -0.2) is 0 Å². The minimum Gasteiger partial charge on any atom is -0.382 e. The van der Waals surface area contributed by atoms with Gasteiger partial charge in [-0.3, -0.25) is 4.68 Å². The van der Waals surface area contributed by atoms with Crippen molar-refractivity contribution in [3.63, 3.8) is 0 Å². The Bertz CT molecular complexity index is 313. The SMILES string of the molecule is COCCOCCCn1ccc(CNC(C)C)n1. The molecule has 0 unspecified atom stereocenters. The molecule has 1 rings (SSSR count). The first-order valence-electron chi connectivity index (χ1n) is 6.54.